The molecule has 0 aromatic heterocycles. The zero-order valence-electron chi connectivity index (χ0n) is 10.9. The third-order valence-electron chi connectivity index (χ3n) is 3.21. The van der Waals surface area contributed by atoms with Gasteiger partial charge in [0.15, 0.2) is 0 Å². The van der Waals surface area contributed by atoms with E-state index in [0.717, 1.165) is 0 Å². The van der Waals surface area contributed by atoms with Crippen LogP contribution in [-0.2, 0) is 0 Å². The van der Waals surface area contributed by atoms with E-state index in [4.69, 9.17) is 0 Å². The third-order valence-corrected chi connectivity index (χ3v) is 3.21. The molecule has 0 saturated carbocycles. The molecule has 0 unspecified atom stereocenters. The Morgan fingerprint density at radius 2 is 1.85 bits per heavy atom. The number of nitrogens with zero attached hydrogens (tertiary/aromatic N) is 1. The van der Waals surface area contributed by atoms with E-state index in [1.54, 1.807) is 6.92 Å². The average Bonchev–Trinajstić information content (AvgIpc) is 2.68. The molecular formula is C13H15F5N2. The lowest BCUT2D eigenvalue weighted by Crippen LogP contribution is -2.34. The summed E-state index contributed by atoms with van der Waals surface area (Å²) in [6.07, 6.45) is -3.84. The second-order valence-electron chi connectivity index (χ2n) is 5.08. The van der Waals surface area contributed by atoms with Crippen LogP contribution in [0.4, 0.5) is 27.6 Å². The van der Waals surface area contributed by atoms with Crippen molar-refractivity contribution in [3.8, 4) is 0 Å². The van der Waals surface area contributed by atoms with Gasteiger partial charge in [-0.2, -0.15) is 13.2 Å². The first kappa shape index (κ1) is 15.0. The van der Waals surface area contributed by atoms with Crippen molar-refractivity contribution in [1.29, 1.82) is 0 Å². The fourth-order valence-corrected chi connectivity index (χ4v) is 2.39. The highest BCUT2D eigenvalue weighted by Crippen LogP contribution is 2.25. The van der Waals surface area contributed by atoms with Crippen LogP contribution in [0.15, 0.2) is 12.1 Å². The Morgan fingerprint density at radius 3 is 2.40 bits per heavy atom. The number of halogens is 5. The Hall–Kier alpha value is -1.37. The monoisotopic (exact) mass is 294 g/mol. The lowest BCUT2D eigenvalue weighted by molar-refractivity contribution is -0.143. The van der Waals surface area contributed by atoms with E-state index >= 15 is 0 Å². The lowest BCUT2D eigenvalue weighted by Gasteiger charge is -2.19. The molecule has 0 bridgehead atoms. The van der Waals surface area contributed by atoms with Gasteiger partial charge in [-0.15, -0.1) is 0 Å². The van der Waals surface area contributed by atoms with Gasteiger partial charge in [-0.25, -0.2) is 8.78 Å². The Labute approximate surface area is 113 Å². The standard InChI is InChI=1S/C13H15F5N2/c1-8-4-10(14)12(11(15)5-8)19-9-2-3-20(6-9)7-13(16,17)18/h4-5,9,19H,2-3,6-7H2,1H3/t9-/m0/s1. The van der Waals surface area contributed by atoms with E-state index in [9.17, 15) is 22.0 Å². The van der Waals surface area contributed by atoms with Crippen molar-refractivity contribution in [2.24, 2.45) is 0 Å². The molecular weight excluding hydrogens is 279 g/mol. The van der Waals surface area contributed by atoms with E-state index in [2.05, 4.69) is 5.32 Å². The molecule has 112 valence electrons. The van der Waals surface area contributed by atoms with Gasteiger partial charge in [0.25, 0.3) is 0 Å². The van der Waals surface area contributed by atoms with E-state index in [0.29, 0.717) is 12.0 Å². The SMILES string of the molecule is Cc1cc(F)c(N[C@H]2CCN(CC(F)(F)F)C2)c(F)c1. The van der Waals surface area contributed by atoms with Crippen LogP contribution in [0.1, 0.15) is 12.0 Å². The smallest absolute Gasteiger partial charge is 0.376 e. The van der Waals surface area contributed by atoms with Crippen molar-refractivity contribution in [3.63, 3.8) is 0 Å². The van der Waals surface area contributed by atoms with Crippen LogP contribution in [0.25, 0.3) is 0 Å². The minimum atomic E-state index is -4.25. The van der Waals surface area contributed by atoms with Crippen molar-refractivity contribution in [2.45, 2.75) is 25.6 Å². The molecule has 0 radical (unpaired) electrons. The van der Waals surface area contributed by atoms with E-state index in [1.165, 1.54) is 17.0 Å². The maximum atomic E-state index is 13.6. The van der Waals surface area contributed by atoms with Gasteiger partial charge < -0.3 is 5.32 Å². The van der Waals surface area contributed by atoms with Gasteiger partial charge in [0.1, 0.15) is 17.3 Å². The van der Waals surface area contributed by atoms with Crippen molar-refractivity contribution in [1.82, 2.24) is 4.90 Å². The number of aryl methyl sites for hydroxylation is 1. The number of likely N-dealkylation sites (tertiary alicyclic amines) is 1. The second-order valence-corrected chi connectivity index (χ2v) is 5.08. The topological polar surface area (TPSA) is 15.3 Å². The summed E-state index contributed by atoms with van der Waals surface area (Å²) in [5.41, 5.74) is 0.185. The Morgan fingerprint density at radius 1 is 1.25 bits per heavy atom. The molecule has 1 N–H and O–H groups in total. The molecule has 20 heavy (non-hydrogen) atoms. The zero-order valence-corrected chi connectivity index (χ0v) is 10.9. The highest BCUT2D eigenvalue weighted by molar-refractivity contribution is 5.48. The molecule has 1 fully saturated rings. The summed E-state index contributed by atoms with van der Waals surface area (Å²) in [5, 5.41) is 2.66. The number of anilines is 1. The molecule has 1 aromatic rings. The highest BCUT2D eigenvalue weighted by Gasteiger charge is 2.34. The molecule has 1 heterocycles. The number of hydrogen-bond donors (Lipinski definition) is 1. The average molecular weight is 294 g/mol. The molecule has 0 aliphatic carbocycles. The number of alkyl halides is 3. The van der Waals surface area contributed by atoms with Gasteiger partial charge >= 0.3 is 6.18 Å². The normalized spacial score (nSPS) is 20.4. The second kappa shape index (κ2) is 5.55. The fourth-order valence-electron chi connectivity index (χ4n) is 2.39. The molecule has 1 atom stereocenters. The predicted octanol–water partition coefficient (Wildman–Crippen LogP) is 3.32. The maximum absolute atomic E-state index is 13.6. The molecule has 1 aliphatic rings. The number of nitrogens with one attached hydrogen (secondary N) is 1. The minimum absolute atomic E-state index is 0.117. The van der Waals surface area contributed by atoms with Crippen LogP contribution >= 0.6 is 0 Å². The van der Waals surface area contributed by atoms with Crippen LogP contribution in [0.2, 0.25) is 0 Å². The molecule has 0 spiro atoms. The lowest BCUT2D eigenvalue weighted by atomic mass is 10.2. The Kier molecular flexibility index (Phi) is 4.17. The minimum Gasteiger partial charge on any atom is -0.376 e. The number of benzene rings is 1. The molecule has 7 heteroatoms. The van der Waals surface area contributed by atoms with Crippen molar-refractivity contribution >= 4 is 5.69 Å². The first-order valence-electron chi connectivity index (χ1n) is 6.26. The van der Waals surface area contributed by atoms with Crippen molar-refractivity contribution in [3.05, 3.63) is 29.3 Å². The summed E-state index contributed by atoms with van der Waals surface area (Å²) < 4.78 is 64.0. The van der Waals surface area contributed by atoms with Crippen molar-refractivity contribution in [2.75, 3.05) is 25.0 Å². The van der Waals surface area contributed by atoms with Gasteiger partial charge in [-0.3, -0.25) is 4.90 Å². The van der Waals surface area contributed by atoms with E-state index < -0.39 is 24.4 Å². The Bertz CT molecular complexity index is 463. The Balaban J connectivity index is 1.99. The molecule has 1 saturated heterocycles. The van der Waals surface area contributed by atoms with Gasteiger partial charge in [-0.05, 0) is 31.0 Å². The predicted molar refractivity (Wildman–Crippen MR) is 65.6 cm³/mol. The molecule has 0 amide bonds. The summed E-state index contributed by atoms with van der Waals surface area (Å²) in [7, 11) is 0. The molecule has 1 aliphatic heterocycles. The first-order chi connectivity index (χ1) is 9.24. The first-order valence-corrected chi connectivity index (χ1v) is 6.26. The van der Waals surface area contributed by atoms with E-state index in [1.807, 2.05) is 0 Å². The summed E-state index contributed by atoms with van der Waals surface area (Å²) in [6.45, 7) is 0.944. The molecule has 2 nitrogen and oxygen atoms in total. The number of rotatable bonds is 3. The van der Waals surface area contributed by atoms with Gasteiger partial charge in [0, 0.05) is 19.1 Å². The fraction of sp³-hybridized carbons (Fsp3) is 0.538. The third kappa shape index (κ3) is 3.82. The molecule has 2 rings (SSSR count). The zero-order chi connectivity index (χ0) is 14.9. The number of hydrogen-bond acceptors (Lipinski definition) is 2. The van der Waals surface area contributed by atoms with Gasteiger partial charge in [0.05, 0.1) is 6.54 Å². The van der Waals surface area contributed by atoms with Gasteiger partial charge in [-0.1, -0.05) is 0 Å². The van der Waals surface area contributed by atoms with E-state index in [-0.39, 0.29) is 24.8 Å². The van der Waals surface area contributed by atoms with Crippen LogP contribution in [0.5, 0.6) is 0 Å². The van der Waals surface area contributed by atoms with Crippen LogP contribution in [0, 0.1) is 18.6 Å². The quantitative estimate of drug-likeness (QED) is 0.860. The summed E-state index contributed by atoms with van der Waals surface area (Å²) >= 11 is 0. The molecule has 1 aromatic carbocycles. The van der Waals surface area contributed by atoms with Crippen LogP contribution < -0.4 is 5.32 Å². The highest BCUT2D eigenvalue weighted by atomic mass is 19.4. The van der Waals surface area contributed by atoms with Crippen molar-refractivity contribution < 1.29 is 22.0 Å². The maximum Gasteiger partial charge on any atom is 0.401 e. The summed E-state index contributed by atoms with van der Waals surface area (Å²) in [6, 6.07) is 1.99. The van der Waals surface area contributed by atoms with Gasteiger partial charge in [0.2, 0.25) is 0 Å². The van der Waals surface area contributed by atoms with Crippen LogP contribution in [0.3, 0.4) is 0 Å². The summed E-state index contributed by atoms with van der Waals surface area (Å²) in [5.74, 6) is -1.45. The largest absolute Gasteiger partial charge is 0.401 e. The summed E-state index contributed by atoms with van der Waals surface area (Å²) in [4.78, 5) is 1.22. The van der Waals surface area contributed by atoms with Crippen LogP contribution in [-0.4, -0.2) is 36.8 Å².